The third kappa shape index (κ3) is 5.58. The molecule has 0 N–H and O–H groups in total. The van der Waals surface area contributed by atoms with Crippen LogP contribution >= 0.6 is 0 Å². The van der Waals surface area contributed by atoms with Crippen molar-refractivity contribution in [1.82, 2.24) is 0 Å². The highest BCUT2D eigenvalue weighted by molar-refractivity contribution is 5.94. The van der Waals surface area contributed by atoms with Gasteiger partial charge in [-0.2, -0.15) is 0 Å². The van der Waals surface area contributed by atoms with Gasteiger partial charge in [-0.15, -0.1) is 0 Å². The maximum Gasteiger partial charge on any atom is 0.313 e. The Hall–Kier alpha value is -1.19. The highest BCUT2D eigenvalue weighted by Gasteiger charge is 2.10. The number of carbonyl (C=O) groups is 3. The summed E-state index contributed by atoms with van der Waals surface area (Å²) in [5.74, 6) is -0.810. The molecule has 0 aliphatic heterocycles. The van der Waals surface area contributed by atoms with Crippen molar-refractivity contribution in [3.8, 4) is 0 Å². The molecule has 0 aliphatic rings. The fraction of sp³-hybridized carbons (Fsp3) is 0.625. The second-order valence-corrected chi connectivity index (χ2v) is 2.58. The molecule has 0 fully saturated rings. The summed E-state index contributed by atoms with van der Waals surface area (Å²) in [6.07, 6.45) is 0.188. The van der Waals surface area contributed by atoms with Crippen molar-refractivity contribution >= 4 is 18.0 Å². The fourth-order valence-corrected chi connectivity index (χ4v) is 0.653. The first kappa shape index (κ1) is 10.8. The Kier molecular flexibility index (Phi) is 4.92. The monoisotopic (exact) mass is 172 g/mol. The topological polar surface area (TPSA) is 60.4 Å². The Balaban J connectivity index is 3.68. The second kappa shape index (κ2) is 5.46. The van der Waals surface area contributed by atoms with Crippen molar-refractivity contribution < 1.29 is 19.1 Å². The van der Waals surface area contributed by atoms with Gasteiger partial charge in [0.25, 0.3) is 0 Å². The Morgan fingerprint density at radius 2 is 2.08 bits per heavy atom. The van der Waals surface area contributed by atoms with Crippen LogP contribution in [0, 0.1) is 0 Å². The number of rotatable bonds is 5. The van der Waals surface area contributed by atoms with Gasteiger partial charge in [0.1, 0.15) is 24.6 Å². The van der Waals surface area contributed by atoms with Gasteiger partial charge in [0.05, 0.1) is 0 Å². The predicted molar refractivity (Wildman–Crippen MR) is 41.5 cm³/mol. The van der Waals surface area contributed by atoms with Crippen molar-refractivity contribution in [2.45, 2.75) is 32.8 Å². The van der Waals surface area contributed by atoms with Crippen LogP contribution in [0.3, 0.4) is 0 Å². The van der Waals surface area contributed by atoms with E-state index in [1.54, 1.807) is 6.92 Å². The number of aldehydes is 1. The smallest absolute Gasteiger partial charge is 0.313 e. The lowest BCUT2D eigenvalue weighted by Gasteiger charge is -2.08. The van der Waals surface area contributed by atoms with Gasteiger partial charge in [0.2, 0.25) is 0 Å². The van der Waals surface area contributed by atoms with Crippen molar-refractivity contribution in [3.63, 3.8) is 0 Å². The van der Waals surface area contributed by atoms with Crippen molar-refractivity contribution in [2.24, 2.45) is 0 Å². The molecule has 0 spiro atoms. The molecule has 4 nitrogen and oxygen atoms in total. The van der Waals surface area contributed by atoms with Gasteiger partial charge in [0.15, 0.2) is 0 Å². The molecular formula is C8H12O4. The number of hydrogen-bond donors (Lipinski definition) is 0. The first-order chi connectivity index (χ1) is 5.56. The largest absolute Gasteiger partial charge is 0.462 e. The number of Topliss-reactive ketones (excluding diaryl/α,β-unsaturated/α-hetero) is 1. The lowest BCUT2D eigenvalue weighted by molar-refractivity contribution is -0.150. The number of esters is 1. The first-order valence-corrected chi connectivity index (χ1v) is 3.68. The lowest BCUT2D eigenvalue weighted by atomic mass is 10.3. The van der Waals surface area contributed by atoms with E-state index in [-0.39, 0.29) is 18.6 Å². The van der Waals surface area contributed by atoms with Crippen LogP contribution in [-0.4, -0.2) is 24.1 Å². The van der Waals surface area contributed by atoms with Crippen LogP contribution in [0.5, 0.6) is 0 Å². The van der Waals surface area contributed by atoms with E-state index in [0.29, 0.717) is 6.29 Å². The second-order valence-electron chi connectivity index (χ2n) is 2.58. The third-order valence-electron chi connectivity index (χ3n) is 1.15. The molecule has 1 atom stereocenters. The maximum absolute atomic E-state index is 10.8. The number of ketones is 1. The van der Waals surface area contributed by atoms with Gasteiger partial charge in [-0.25, -0.2) is 0 Å². The van der Waals surface area contributed by atoms with Gasteiger partial charge >= 0.3 is 5.97 Å². The van der Waals surface area contributed by atoms with Gasteiger partial charge in [-0.3, -0.25) is 9.59 Å². The predicted octanol–water partition coefficient (Wildman–Crippen LogP) is 0.486. The molecule has 1 unspecified atom stereocenters. The maximum atomic E-state index is 10.8. The van der Waals surface area contributed by atoms with Crippen molar-refractivity contribution in [1.29, 1.82) is 0 Å². The van der Waals surface area contributed by atoms with Gasteiger partial charge in [-0.1, -0.05) is 0 Å². The Labute approximate surface area is 70.9 Å². The van der Waals surface area contributed by atoms with E-state index >= 15 is 0 Å². The highest BCUT2D eigenvalue weighted by Crippen LogP contribution is 1.97. The zero-order valence-electron chi connectivity index (χ0n) is 7.20. The molecule has 4 heteroatoms. The van der Waals surface area contributed by atoms with Crippen LogP contribution in [0.25, 0.3) is 0 Å². The van der Waals surface area contributed by atoms with Crippen LogP contribution < -0.4 is 0 Å². The minimum absolute atomic E-state index is 0.170. The van der Waals surface area contributed by atoms with E-state index < -0.39 is 12.1 Å². The van der Waals surface area contributed by atoms with E-state index in [0.717, 1.165) is 0 Å². The average molecular weight is 172 g/mol. The molecule has 0 aromatic heterocycles. The Morgan fingerprint density at radius 3 is 2.50 bits per heavy atom. The number of carbonyl (C=O) groups excluding carboxylic acids is 3. The summed E-state index contributed by atoms with van der Waals surface area (Å²) in [7, 11) is 0. The molecule has 0 saturated heterocycles. The summed E-state index contributed by atoms with van der Waals surface area (Å²) in [6, 6.07) is 0. The highest BCUT2D eigenvalue weighted by atomic mass is 16.5. The molecule has 68 valence electrons. The van der Waals surface area contributed by atoms with E-state index in [1.165, 1.54) is 6.92 Å². The molecule has 0 aromatic carbocycles. The van der Waals surface area contributed by atoms with Gasteiger partial charge in [0, 0.05) is 6.42 Å². The molecule has 12 heavy (non-hydrogen) atoms. The van der Waals surface area contributed by atoms with Crippen LogP contribution in [0.1, 0.15) is 26.7 Å². The fourth-order valence-electron chi connectivity index (χ4n) is 0.653. The molecule has 0 amide bonds. The van der Waals surface area contributed by atoms with Gasteiger partial charge in [-0.05, 0) is 13.8 Å². The van der Waals surface area contributed by atoms with E-state index in [9.17, 15) is 14.4 Å². The Bertz CT molecular complexity index is 185. The lowest BCUT2D eigenvalue weighted by Crippen LogP contribution is -2.17. The average Bonchev–Trinajstić information content (AvgIpc) is 1.84. The summed E-state index contributed by atoms with van der Waals surface area (Å²) in [5, 5.41) is 0. The molecule has 0 bridgehead atoms. The quantitative estimate of drug-likeness (QED) is 0.344. The molecule has 0 rings (SSSR count). The molecule has 0 radical (unpaired) electrons. The summed E-state index contributed by atoms with van der Waals surface area (Å²) in [5.41, 5.74) is 0. The normalized spacial score (nSPS) is 11.8. The zero-order valence-corrected chi connectivity index (χ0v) is 7.20. The Morgan fingerprint density at radius 1 is 1.50 bits per heavy atom. The molecule has 0 aromatic rings. The standard InChI is InChI=1S/C8H12O4/c1-6(10)5-8(11)12-7(2)3-4-9/h4,7H,3,5H2,1-2H3. The first-order valence-electron chi connectivity index (χ1n) is 3.68. The molecule has 0 heterocycles. The van der Waals surface area contributed by atoms with Crippen LogP contribution in [-0.2, 0) is 19.1 Å². The minimum atomic E-state index is -0.572. The van der Waals surface area contributed by atoms with E-state index in [4.69, 9.17) is 4.74 Å². The van der Waals surface area contributed by atoms with Crippen LogP contribution in [0.15, 0.2) is 0 Å². The minimum Gasteiger partial charge on any atom is -0.462 e. The molecule has 0 saturated carbocycles. The van der Waals surface area contributed by atoms with Crippen LogP contribution in [0.4, 0.5) is 0 Å². The van der Waals surface area contributed by atoms with Crippen molar-refractivity contribution in [3.05, 3.63) is 0 Å². The van der Waals surface area contributed by atoms with Crippen LogP contribution in [0.2, 0.25) is 0 Å². The van der Waals surface area contributed by atoms with Crippen molar-refractivity contribution in [2.75, 3.05) is 0 Å². The summed E-state index contributed by atoms with van der Waals surface area (Å²) >= 11 is 0. The summed E-state index contributed by atoms with van der Waals surface area (Å²) < 4.78 is 4.71. The third-order valence-corrected chi connectivity index (χ3v) is 1.15. The SMILES string of the molecule is CC(=O)CC(=O)OC(C)CC=O. The van der Waals surface area contributed by atoms with E-state index in [2.05, 4.69) is 0 Å². The van der Waals surface area contributed by atoms with E-state index in [1.807, 2.05) is 0 Å². The summed E-state index contributed by atoms with van der Waals surface area (Å²) in [6.45, 7) is 2.91. The zero-order chi connectivity index (χ0) is 9.56. The molecular weight excluding hydrogens is 160 g/mol. The summed E-state index contributed by atoms with van der Waals surface area (Å²) in [4.78, 5) is 31.2. The molecule has 0 aliphatic carbocycles. The number of ether oxygens (including phenoxy) is 1. The van der Waals surface area contributed by atoms with Gasteiger partial charge < -0.3 is 9.53 Å². The number of hydrogen-bond acceptors (Lipinski definition) is 4.